The summed E-state index contributed by atoms with van der Waals surface area (Å²) in [7, 11) is 1.99. The minimum Gasteiger partial charge on any atom is -0.381 e. The van der Waals surface area contributed by atoms with Gasteiger partial charge in [0.1, 0.15) is 11.5 Å². The maximum Gasteiger partial charge on any atom is 0.267 e. The number of pyridine rings is 1. The minimum absolute atomic E-state index is 0.141. The van der Waals surface area contributed by atoms with Gasteiger partial charge in [0.05, 0.1) is 23.1 Å². The van der Waals surface area contributed by atoms with Gasteiger partial charge in [-0.15, -0.1) is 0 Å². The average Bonchev–Trinajstić information content (AvgIpc) is 2.63. The van der Waals surface area contributed by atoms with Crippen LogP contribution in [-0.2, 0) is 4.74 Å². The number of rotatable bonds is 5. The Morgan fingerprint density at radius 2 is 2.12 bits per heavy atom. The molecule has 1 amide bonds. The maximum absolute atomic E-state index is 11.4. The molecule has 2 aromatic rings. The summed E-state index contributed by atoms with van der Waals surface area (Å²) in [5.41, 5.74) is 6.59. The van der Waals surface area contributed by atoms with Crippen LogP contribution in [0, 0.1) is 5.92 Å². The second-order valence-electron chi connectivity index (χ2n) is 6.11. The van der Waals surface area contributed by atoms with E-state index >= 15 is 0 Å². The molecule has 8 heteroatoms. The fourth-order valence-electron chi connectivity index (χ4n) is 2.85. The number of nitrogens with two attached hydrogens (primary N) is 1. The second-order valence-corrected chi connectivity index (χ2v) is 6.52. The summed E-state index contributed by atoms with van der Waals surface area (Å²) in [6.07, 6.45) is 6.83. The van der Waals surface area contributed by atoms with Crippen molar-refractivity contribution in [3.8, 4) is 11.3 Å². The molecule has 0 bridgehead atoms. The van der Waals surface area contributed by atoms with Crippen LogP contribution in [0.5, 0.6) is 0 Å². The molecular formula is C17H20ClN5O2. The molecule has 132 valence electrons. The van der Waals surface area contributed by atoms with E-state index in [4.69, 9.17) is 22.1 Å². The van der Waals surface area contributed by atoms with Gasteiger partial charge in [-0.3, -0.25) is 9.78 Å². The third-order valence-corrected chi connectivity index (χ3v) is 4.57. The lowest BCUT2D eigenvalue weighted by Gasteiger charge is -2.27. The summed E-state index contributed by atoms with van der Waals surface area (Å²) in [6, 6.07) is 1.54. The molecule has 1 aliphatic rings. The highest BCUT2D eigenvalue weighted by atomic mass is 35.5. The molecule has 25 heavy (non-hydrogen) atoms. The van der Waals surface area contributed by atoms with Gasteiger partial charge in [-0.1, -0.05) is 11.6 Å². The smallest absolute Gasteiger partial charge is 0.267 e. The Morgan fingerprint density at radius 1 is 1.36 bits per heavy atom. The van der Waals surface area contributed by atoms with E-state index in [0.717, 1.165) is 38.4 Å². The molecule has 0 spiro atoms. The van der Waals surface area contributed by atoms with E-state index in [1.807, 2.05) is 7.05 Å². The molecule has 0 aromatic carbocycles. The summed E-state index contributed by atoms with van der Waals surface area (Å²) in [6.45, 7) is 2.51. The van der Waals surface area contributed by atoms with Gasteiger partial charge < -0.3 is 15.4 Å². The fraction of sp³-hybridized carbons (Fsp3) is 0.412. The van der Waals surface area contributed by atoms with Crippen molar-refractivity contribution >= 4 is 23.3 Å². The average molecular weight is 362 g/mol. The third-order valence-electron chi connectivity index (χ3n) is 4.27. The van der Waals surface area contributed by atoms with Gasteiger partial charge in [-0.2, -0.15) is 0 Å². The fourth-order valence-corrected chi connectivity index (χ4v) is 3.05. The van der Waals surface area contributed by atoms with Gasteiger partial charge in [-0.25, -0.2) is 9.97 Å². The monoisotopic (exact) mass is 361 g/mol. The number of amides is 1. The Bertz CT molecular complexity index is 764. The molecule has 3 heterocycles. The van der Waals surface area contributed by atoms with Crippen molar-refractivity contribution in [2.24, 2.45) is 11.7 Å². The van der Waals surface area contributed by atoms with Crippen LogP contribution in [0.2, 0.25) is 5.02 Å². The molecule has 2 N–H and O–H groups in total. The lowest BCUT2D eigenvalue weighted by Crippen LogP contribution is -2.30. The first-order valence-electron chi connectivity index (χ1n) is 8.11. The first-order chi connectivity index (χ1) is 12.0. The lowest BCUT2D eigenvalue weighted by molar-refractivity contribution is 0.0685. The minimum atomic E-state index is -0.612. The number of ether oxygens (including phenoxy) is 1. The summed E-state index contributed by atoms with van der Waals surface area (Å²) in [5.74, 6) is 0.714. The van der Waals surface area contributed by atoms with Gasteiger partial charge in [-0.05, 0) is 24.8 Å². The van der Waals surface area contributed by atoms with E-state index in [1.54, 1.807) is 12.4 Å². The summed E-state index contributed by atoms with van der Waals surface area (Å²) < 4.78 is 5.40. The van der Waals surface area contributed by atoms with E-state index in [0.29, 0.717) is 22.2 Å². The summed E-state index contributed by atoms with van der Waals surface area (Å²) in [5, 5.41) is 0.392. The zero-order chi connectivity index (χ0) is 17.8. The quantitative estimate of drug-likeness (QED) is 0.876. The summed E-state index contributed by atoms with van der Waals surface area (Å²) >= 11 is 6.21. The Balaban J connectivity index is 1.83. The van der Waals surface area contributed by atoms with Crippen molar-refractivity contribution in [2.45, 2.75) is 12.8 Å². The highest BCUT2D eigenvalue weighted by Gasteiger charge is 2.18. The highest BCUT2D eigenvalue weighted by molar-refractivity contribution is 6.33. The zero-order valence-electron chi connectivity index (χ0n) is 14.0. The molecule has 3 rings (SSSR count). The van der Waals surface area contributed by atoms with E-state index in [-0.39, 0.29) is 5.69 Å². The van der Waals surface area contributed by atoms with Gasteiger partial charge >= 0.3 is 0 Å². The van der Waals surface area contributed by atoms with Crippen LogP contribution < -0.4 is 10.6 Å². The van der Waals surface area contributed by atoms with Crippen molar-refractivity contribution in [3.05, 3.63) is 35.4 Å². The molecule has 1 saturated heterocycles. The van der Waals surface area contributed by atoms with Crippen LogP contribution in [0.1, 0.15) is 23.3 Å². The number of primary amides is 1. The van der Waals surface area contributed by atoms with Gasteiger partial charge in [0, 0.05) is 38.6 Å². The number of hydrogen-bond donors (Lipinski definition) is 1. The number of nitrogens with zero attached hydrogens (tertiary/aromatic N) is 4. The van der Waals surface area contributed by atoms with Crippen LogP contribution in [0.25, 0.3) is 11.3 Å². The van der Waals surface area contributed by atoms with Crippen molar-refractivity contribution in [1.29, 1.82) is 0 Å². The second kappa shape index (κ2) is 7.76. The van der Waals surface area contributed by atoms with Crippen LogP contribution in [0.3, 0.4) is 0 Å². The number of aromatic nitrogens is 3. The molecule has 2 aromatic heterocycles. The van der Waals surface area contributed by atoms with E-state index in [9.17, 15) is 4.79 Å². The molecule has 0 radical (unpaired) electrons. The molecule has 1 aliphatic heterocycles. The maximum atomic E-state index is 11.4. The van der Waals surface area contributed by atoms with Gasteiger partial charge in [0.2, 0.25) is 0 Å². The van der Waals surface area contributed by atoms with Crippen LogP contribution in [0.15, 0.2) is 24.7 Å². The molecule has 0 aliphatic carbocycles. The Hall–Kier alpha value is -2.25. The zero-order valence-corrected chi connectivity index (χ0v) is 14.7. The number of carbonyl (C=O) groups is 1. The summed E-state index contributed by atoms with van der Waals surface area (Å²) in [4.78, 5) is 26.3. The Morgan fingerprint density at radius 3 is 2.84 bits per heavy atom. The van der Waals surface area contributed by atoms with Gasteiger partial charge in [0.15, 0.2) is 0 Å². The molecular weight excluding hydrogens is 342 g/mol. The van der Waals surface area contributed by atoms with E-state index < -0.39 is 5.91 Å². The molecule has 0 saturated carbocycles. The topological polar surface area (TPSA) is 94.2 Å². The van der Waals surface area contributed by atoms with Crippen molar-refractivity contribution < 1.29 is 9.53 Å². The first kappa shape index (κ1) is 17.6. The predicted molar refractivity (Wildman–Crippen MR) is 95.6 cm³/mol. The van der Waals surface area contributed by atoms with Gasteiger partial charge in [0.25, 0.3) is 5.91 Å². The van der Waals surface area contributed by atoms with Crippen molar-refractivity contribution in [1.82, 2.24) is 15.0 Å². The van der Waals surface area contributed by atoms with Crippen LogP contribution in [-0.4, -0.2) is 47.7 Å². The molecule has 0 atom stereocenters. The van der Waals surface area contributed by atoms with E-state index in [2.05, 4.69) is 19.9 Å². The number of anilines is 1. The Kier molecular flexibility index (Phi) is 5.45. The largest absolute Gasteiger partial charge is 0.381 e. The SMILES string of the molecule is CN(CC1CCOCC1)c1cncc(-c2cc(C(N)=O)ncc2Cl)n1. The molecule has 0 unspecified atom stereocenters. The highest BCUT2D eigenvalue weighted by Crippen LogP contribution is 2.27. The lowest BCUT2D eigenvalue weighted by atomic mass is 10.00. The van der Waals surface area contributed by atoms with Crippen LogP contribution >= 0.6 is 11.6 Å². The number of hydrogen-bond acceptors (Lipinski definition) is 6. The van der Waals surface area contributed by atoms with E-state index in [1.165, 1.54) is 12.3 Å². The number of halogens is 1. The van der Waals surface area contributed by atoms with Crippen molar-refractivity contribution in [2.75, 3.05) is 31.7 Å². The molecule has 1 fully saturated rings. The third kappa shape index (κ3) is 4.24. The van der Waals surface area contributed by atoms with Crippen molar-refractivity contribution in [3.63, 3.8) is 0 Å². The Labute approximate surface area is 151 Å². The normalized spacial score (nSPS) is 15.1. The standard InChI is InChI=1S/C17H20ClN5O2/c1-23(10-11-2-4-25-5-3-11)16-9-20-8-15(22-16)12-6-14(17(19)24)21-7-13(12)18/h6-9,11H,2-5,10H2,1H3,(H2,19,24). The first-order valence-corrected chi connectivity index (χ1v) is 8.49. The molecule has 7 nitrogen and oxygen atoms in total. The van der Waals surface area contributed by atoms with Crippen LogP contribution in [0.4, 0.5) is 5.82 Å². The number of carbonyl (C=O) groups excluding carboxylic acids is 1. The predicted octanol–water partition coefficient (Wildman–Crippen LogP) is 2.15.